The molecule has 0 radical (unpaired) electrons. The number of amides is 2. The first-order chi connectivity index (χ1) is 20.9. The van der Waals surface area contributed by atoms with Gasteiger partial charge in [0.25, 0.3) is 10.0 Å². The van der Waals surface area contributed by atoms with Gasteiger partial charge in [0.2, 0.25) is 11.8 Å². The molecule has 0 aromatic heterocycles. The Balaban J connectivity index is 2.17. The quantitative estimate of drug-likeness (QED) is 0.228. The molecule has 0 spiro atoms. The lowest BCUT2D eigenvalue weighted by Gasteiger charge is -2.32. The summed E-state index contributed by atoms with van der Waals surface area (Å²) in [7, 11) is -0.322. The highest BCUT2D eigenvalue weighted by molar-refractivity contribution is 7.92. The minimum absolute atomic E-state index is 0.00180. The standard InChI is InChI=1S/C30H34Cl3N3O7S/c1-6-14-34-30(38)19(2)35(17-22-23(32)8-7-9-24(22)33)29(37)18-36(25-15-20(31)10-12-26(25)41-3)44(39,40)21-11-13-27(42-4)28(16-21)43-5/h7-13,15-16,19H,6,14,17-18H2,1-5H3,(H,34,38)/t19-/m0/s1. The van der Waals surface area contributed by atoms with Crippen molar-refractivity contribution in [1.82, 2.24) is 10.2 Å². The minimum Gasteiger partial charge on any atom is -0.495 e. The van der Waals surface area contributed by atoms with Crippen LogP contribution in [0, 0.1) is 0 Å². The van der Waals surface area contributed by atoms with E-state index in [0.717, 1.165) is 4.31 Å². The van der Waals surface area contributed by atoms with Crippen molar-refractivity contribution in [1.29, 1.82) is 0 Å². The van der Waals surface area contributed by atoms with Gasteiger partial charge in [0.1, 0.15) is 18.3 Å². The molecule has 0 bridgehead atoms. The predicted octanol–water partition coefficient (Wildman–Crippen LogP) is 5.81. The number of carbonyl (C=O) groups excluding carboxylic acids is 2. The molecule has 238 valence electrons. The topological polar surface area (TPSA) is 114 Å². The second kappa shape index (κ2) is 15.6. The lowest BCUT2D eigenvalue weighted by atomic mass is 10.1. The minimum atomic E-state index is -4.48. The predicted molar refractivity (Wildman–Crippen MR) is 172 cm³/mol. The molecule has 3 aromatic rings. The van der Waals surface area contributed by atoms with Crippen LogP contribution in [0.15, 0.2) is 59.5 Å². The van der Waals surface area contributed by atoms with Crippen LogP contribution >= 0.6 is 34.8 Å². The second-order valence-corrected chi connectivity index (χ2v) is 12.6. The number of hydrogen-bond donors (Lipinski definition) is 1. The third-order valence-electron chi connectivity index (χ3n) is 6.74. The average molecular weight is 687 g/mol. The molecule has 0 heterocycles. The molecule has 0 fully saturated rings. The van der Waals surface area contributed by atoms with Crippen LogP contribution < -0.4 is 23.8 Å². The molecule has 0 aliphatic heterocycles. The van der Waals surface area contributed by atoms with E-state index in [1.54, 1.807) is 25.1 Å². The van der Waals surface area contributed by atoms with E-state index in [2.05, 4.69) is 5.32 Å². The van der Waals surface area contributed by atoms with Crippen molar-refractivity contribution < 1.29 is 32.2 Å². The number of nitrogens with zero attached hydrogens (tertiary/aromatic N) is 2. The summed E-state index contributed by atoms with van der Waals surface area (Å²) >= 11 is 19.1. The van der Waals surface area contributed by atoms with Gasteiger partial charge < -0.3 is 24.4 Å². The Morgan fingerprint density at radius 3 is 2.09 bits per heavy atom. The number of sulfonamides is 1. The van der Waals surface area contributed by atoms with Gasteiger partial charge in [-0.05, 0) is 55.8 Å². The third kappa shape index (κ3) is 8.01. The molecule has 0 unspecified atom stereocenters. The molecule has 0 saturated carbocycles. The van der Waals surface area contributed by atoms with Crippen LogP contribution in [0.4, 0.5) is 5.69 Å². The zero-order chi connectivity index (χ0) is 32.6. The Labute approximate surface area is 272 Å². The molecule has 44 heavy (non-hydrogen) atoms. The highest BCUT2D eigenvalue weighted by Crippen LogP contribution is 2.37. The van der Waals surface area contributed by atoms with Crippen molar-refractivity contribution in [3.05, 3.63) is 75.2 Å². The van der Waals surface area contributed by atoms with E-state index in [1.165, 1.54) is 62.6 Å². The average Bonchev–Trinajstić information content (AvgIpc) is 3.01. The van der Waals surface area contributed by atoms with E-state index in [4.69, 9.17) is 49.0 Å². The summed E-state index contributed by atoms with van der Waals surface area (Å²) in [5, 5.41) is 3.54. The number of methoxy groups -OCH3 is 3. The number of hydrogen-bond acceptors (Lipinski definition) is 7. The lowest BCUT2D eigenvalue weighted by Crippen LogP contribution is -2.51. The largest absolute Gasteiger partial charge is 0.495 e. The Hall–Kier alpha value is -3.38. The van der Waals surface area contributed by atoms with Crippen LogP contribution in [0.2, 0.25) is 15.1 Å². The van der Waals surface area contributed by atoms with Crippen molar-refractivity contribution in [3.63, 3.8) is 0 Å². The maximum absolute atomic E-state index is 14.3. The Morgan fingerprint density at radius 1 is 0.886 bits per heavy atom. The number of halogens is 3. The monoisotopic (exact) mass is 685 g/mol. The maximum atomic E-state index is 14.3. The summed E-state index contributed by atoms with van der Waals surface area (Å²) in [6.45, 7) is 2.92. The molecular formula is C30H34Cl3N3O7S. The summed E-state index contributed by atoms with van der Waals surface area (Å²) in [6.07, 6.45) is 0.675. The summed E-state index contributed by atoms with van der Waals surface area (Å²) in [5.41, 5.74) is 0.399. The molecule has 1 atom stereocenters. The van der Waals surface area contributed by atoms with Crippen LogP contribution in [0.5, 0.6) is 17.2 Å². The molecule has 0 saturated heterocycles. The molecule has 10 nitrogen and oxygen atoms in total. The van der Waals surface area contributed by atoms with Gasteiger partial charge in [-0.2, -0.15) is 0 Å². The van der Waals surface area contributed by atoms with Gasteiger partial charge in [0.15, 0.2) is 11.5 Å². The molecule has 14 heteroatoms. The number of benzene rings is 3. The first kappa shape index (κ1) is 35.1. The first-order valence-electron chi connectivity index (χ1n) is 13.5. The van der Waals surface area contributed by atoms with E-state index in [0.29, 0.717) is 24.3 Å². The molecule has 3 rings (SSSR count). The molecule has 0 aliphatic rings. The summed E-state index contributed by atoms with van der Waals surface area (Å²) in [6, 6.07) is 12.3. The van der Waals surface area contributed by atoms with Gasteiger partial charge in [0, 0.05) is 39.8 Å². The van der Waals surface area contributed by atoms with Gasteiger partial charge in [-0.3, -0.25) is 13.9 Å². The molecule has 0 aliphatic carbocycles. The summed E-state index contributed by atoms with van der Waals surface area (Å²) < 4.78 is 45.5. The summed E-state index contributed by atoms with van der Waals surface area (Å²) in [5.74, 6) is -0.539. The fourth-order valence-corrected chi connectivity index (χ4v) is 6.42. The molecule has 3 aromatic carbocycles. The van der Waals surface area contributed by atoms with Crippen LogP contribution in [0.1, 0.15) is 25.8 Å². The van der Waals surface area contributed by atoms with Crippen LogP contribution in [-0.4, -0.2) is 65.6 Å². The first-order valence-corrected chi connectivity index (χ1v) is 16.0. The fraction of sp³-hybridized carbons (Fsp3) is 0.333. The SMILES string of the molecule is CCCNC(=O)[C@H](C)N(Cc1c(Cl)cccc1Cl)C(=O)CN(c1cc(Cl)ccc1OC)S(=O)(=O)c1ccc(OC)c(OC)c1. The number of carbonyl (C=O) groups is 2. The number of nitrogens with one attached hydrogen (secondary N) is 1. The van der Waals surface area contributed by atoms with E-state index in [-0.39, 0.29) is 43.7 Å². The Bertz CT molecular complexity index is 1580. The van der Waals surface area contributed by atoms with Crippen molar-refractivity contribution in [2.24, 2.45) is 0 Å². The van der Waals surface area contributed by atoms with Gasteiger partial charge in [0.05, 0.1) is 31.9 Å². The Kier molecular flexibility index (Phi) is 12.4. The third-order valence-corrected chi connectivity index (χ3v) is 9.44. The van der Waals surface area contributed by atoms with Gasteiger partial charge in [-0.25, -0.2) is 8.42 Å². The van der Waals surface area contributed by atoms with Gasteiger partial charge >= 0.3 is 0 Å². The number of ether oxygens (including phenoxy) is 3. The van der Waals surface area contributed by atoms with E-state index >= 15 is 0 Å². The van der Waals surface area contributed by atoms with Crippen molar-refractivity contribution in [2.75, 3.05) is 38.7 Å². The molecule has 1 N–H and O–H groups in total. The molecule has 2 amide bonds. The van der Waals surface area contributed by atoms with Crippen molar-refractivity contribution in [2.45, 2.75) is 37.8 Å². The van der Waals surface area contributed by atoms with Gasteiger partial charge in [-0.1, -0.05) is 47.8 Å². The second-order valence-electron chi connectivity index (χ2n) is 9.53. The van der Waals surface area contributed by atoms with Crippen LogP contribution in [-0.2, 0) is 26.2 Å². The van der Waals surface area contributed by atoms with Crippen molar-refractivity contribution in [3.8, 4) is 17.2 Å². The van der Waals surface area contributed by atoms with E-state index in [1.807, 2.05) is 6.92 Å². The van der Waals surface area contributed by atoms with Crippen LogP contribution in [0.25, 0.3) is 0 Å². The lowest BCUT2D eigenvalue weighted by molar-refractivity contribution is -0.139. The Morgan fingerprint density at radius 2 is 1.50 bits per heavy atom. The fourth-order valence-electron chi connectivity index (χ4n) is 4.31. The van der Waals surface area contributed by atoms with Crippen molar-refractivity contribution >= 4 is 62.3 Å². The van der Waals surface area contributed by atoms with Crippen LogP contribution in [0.3, 0.4) is 0 Å². The zero-order valence-electron chi connectivity index (χ0n) is 24.9. The van der Waals surface area contributed by atoms with E-state index in [9.17, 15) is 18.0 Å². The van der Waals surface area contributed by atoms with Gasteiger partial charge in [-0.15, -0.1) is 0 Å². The number of anilines is 1. The van der Waals surface area contributed by atoms with E-state index < -0.39 is 34.4 Å². The zero-order valence-corrected chi connectivity index (χ0v) is 28.0. The normalized spacial score (nSPS) is 11.8. The highest BCUT2D eigenvalue weighted by atomic mass is 35.5. The maximum Gasteiger partial charge on any atom is 0.265 e. The molecular weight excluding hydrogens is 653 g/mol. The highest BCUT2D eigenvalue weighted by Gasteiger charge is 2.35. The smallest absolute Gasteiger partial charge is 0.265 e. The summed E-state index contributed by atoms with van der Waals surface area (Å²) in [4.78, 5) is 28.3. The number of rotatable bonds is 14.